The molecular formula is C12H20N4O2. The minimum Gasteiger partial charge on any atom is -0.383 e. The summed E-state index contributed by atoms with van der Waals surface area (Å²) >= 11 is 0. The van der Waals surface area contributed by atoms with E-state index in [1.54, 1.807) is 18.3 Å². The van der Waals surface area contributed by atoms with E-state index >= 15 is 0 Å². The number of hydrogen-bond donors (Lipinski definition) is 2. The molecule has 100 valence electrons. The van der Waals surface area contributed by atoms with Crippen molar-refractivity contribution < 1.29 is 9.53 Å². The van der Waals surface area contributed by atoms with Crippen LogP contribution in [0.1, 0.15) is 18.3 Å². The molecule has 0 aliphatic carbocycles. The van der Waals surface area contributed by atoms with Gasteiger partial charge in [-0.15, -0.1) is 0 Å². The number of nitrogens with one attached hydrogen (secondary N) is 2. The highest BCUT2D eigenvalue weighted by molar-refractivity contribution is 5.82. The molecular weight excluding hydrogens is 232 g/mol. The Bertz CT molecular complexity index is 418. The molecule has 0 spiro atoms. The van der Waals surface area contributed by atoms with Crippen LogP contribution in [0.15, 0.2) is 6.33 Å². The summed E-state index contributed by atoms with van der Waals surface area (Å²) in [5.41, 5.74) is 2.06. The zero-order valence-electron chi connectivity index (χ0n) is 11.1. The molecule has 2 rings (SSSR count). The van der Waals surface area contributed by atoms with Gasteiger partial charge in [-0.2, -0.15) is 0 Å². The first-order chi connectivity index (χ1) is 8.63. The van der Waals surface area contributed by atoms with Crippen LogP contribution in [0.4, 0.5) is 0 Å². The van der Waals surface area contributed by atoms with Crippen LogP contribution in [-0.2, 0) is 22.5 Å². The number of likely N-dealkylation sites (N-methyl/N-ethyl adjacent to an activating group) is 1. The fourth-order valence-electron chi connectivity index (χ4n) is 2.16. The number of imidazole rings is 1. The molecule has 1 aliphatic rings. The molecule has 1 amide bonds. The summed E-state index contributed by atoms with van der Waals surface area (Å²) in [6.45, 7) is 3.19. The molecule has 6 heteroatoms. The molecule has 0 fully saturated rings. The zero-order valence-corrected chi connectivity index (χ0v) is 11.1. The Kier molecular flexibility index (Phi) is 3.98. The molecule has 0 bridgehead atoms. The Morgan fingerprint density at radius 2 is 2.50 bits per heavy atom. The zero-order chi connectivity index (χ0) is 13.1. The van der Waals surface area contributed by atoms with Crippen molar-refractivity contribution in [2.45, 2.75) is 32.0 Å². The predicted molar refractivity (Wildman–Crippen MR) is 67.0 cm³/mol. The second kappa shape index (κ2) is 5.49. The SMILES string of the molecule is COCC(C)N(C)C(=O)C1Cc2nc[nH]c2CN1. The number of carbonyl (C=O) groups is 1. The Morgan fingerprint density at radius 1 is 1.72 bits per heavy atom. The van der Waals surface area contributed by atoms with E-state index in [2.05, 4.69) is 15.3 Å². The average molecular weight is 252 g/mol. The van der Waals surface area contributed by atoms with Gasteiger partial charge in [-0.1, -0.05) is 0 Å². The van der Waals surface area contributed by atoms with Gasteiger partial charge < -0.3 is 14.6 Å². The number of aromatic amines is 1. The maximum Gasteiger partial charge on any atom is 0.240 e. The van der Waals surface area contributed by atoms with Crippen molar-refractivity contribution in [3.63, 3.8) is 0 Å². The lowest BCUT2D eigenvalue weighted by Crippen LogP contribution is -2.51. The maximum absolute atomic E-state index is 12.3. The van der Waals surface area contributed by atoms with Gasteiger partial charge in [0, 0.05) is 27.1 Å². The van der Waals surface area contributed by atoms with Gasteiger partial charge in [-0.05, 0) is 6.92 Å². The van der Waals surface area contributed by atoms with Crippen molar-refractivity contribution in [2.75, 3.05) is 20.8 Å². The number of ether oxygens (including phenoxy) is 1. The smallest absolute Gasteiger partial charge is 0.240 e. The first-order valence-electron chi connectivity index (χ1n) is 6.13. The number of carbonyl (C=O) groups excluding carboxylic acids is 1. The first-order valence-corrected chi connectivity index (χ1v) is 6.13. The fraction of sp³-hybridized carbons (Fsp3) is 0.667. The lowest BCUT2D eigenvalue weighted by molar-refractivity contribution is -0.135. The maximum atomic E-state index is 12.3. The Morgan fingerprint density at radius 3 is 3.22 bits per heavy atom. The predicted octanol–water partition coefficient (Wildman–Crippen LogP) is -0.0827. The minimum atomic E-state index is -0.190. The van der Waals surface area contributed by atoms with Crippen LogP contribution in [0.2, 0.25) is 0 Å². The van der Waals surface area contributed by atoms with Crippen molar-refractivity contribution in [1.82, 2.24) is 20.2 Å². The van der Waals surface area contributed by atoms with E-state index < -0.39 is 0 Å². The number of rotatable bonds is 4. The van der Waals surface area contributed by atoms with Gasteiger partial charge in [0.05, 0.1) is 36.4 Å². The van der Waals surface area contributed by atoms with E-state index in [4.69, 9.17) is 4.74 Å². The van der Waals surface area contributed by atoms with Crippen molar-refractivity contribution in [3.8, 4) is 0 Å². The molecule has 1 aromatic rings. The molecule has 18 heavy (non-hydrogen) atoms. The second-order valence-corrected chi connectivity index (χ2v) is 4.72. The number of H-pyrrole nitrogens is 1. The van der Waals surface area contributed by atoms with Crippen LogP contribution < -0.4 is 5.32 Å². The third kappa shape index (κ3) is 2.54. The summed E-state index contributed by atoms with van der Waals surface area (Å²) in [7, 11) is 3.46. The summed E-state index contributed by atoms with van der Waals surface area (Å²) in [4.78, 5) is 21.4. The van der Waals surface area contributed by atoms with Gasteiger partial charge in [-0.25, -0.2) is 4.98 Å². The number of fused-ring (bicyclic) bond motifs is 1. The van der Waals surface area contributed by atoms with Crippen molar-refractivity contribution in [3.05, 3.63) is 17.7 Å². The van der Waals surface area contributed by atoms with E-state index in [1.165, 1.54) is 0 Å². The molecule has 1 aliphatic heterocycles. The van der Waals surface area contributed by atoms with Crippen molar-refractivity contribution in [1.29, 1.82) is 0 Å². The van der Waals surface area contributed by atoms with Gasteiger partial charge in [0.1, 0.15) is 0 Å². The Hall–Kier alpha value is -1.40. The van der Waals surface area contributed by atoms with E-state index in [-0.39, 0.29) is 18.0 Å². The Labute approximate surface area is 107 Å². The highest BCUT2D eigenvalue weighted by Crippen LogP contribution is 2.14. The topological polar surface area (TPSA) is 70.2 Å². The summed E-state index contributed by atoms with van der Waals surface area (Å²) in [6.07, 6.45) is 2.32. The van der Waals surface area contributed by atoms with Gasteiger partial charge in [0.25, 0.3) is 0 Å². The van der Waals surface area contributed by atoms with Gasteiger partial charge in [-0.3, -0.25) is 10.1 Å². The Balaban J connectivity index is 1.98. The lowest BCUT2D eigenvalue weighted by atomic mass is 10.0. The second-order valence-electron chi connectivity index (χ2n) is 4.72. The molecule has 0 saturated heterocycles. The number of aromatic nitrogens is 2. The van der Waals surface area contributed by atoms with Crippen LogP contribution in [0.5, 0.6) is 0 Å². The molecule has 0 saturated carbocycles. The number of methoxy groups -OCH3 is 1. The summed E-state index contributed by atoms with van der Waals surface area (Å²) in [5, 5.41) is 3.24. The van der Waals surface area contributed by atoms with Crippen LogP contribution >= 0.6 is 0 Å². The van der Waals surface area contributed by atoms with E-state index in [1.807, 2.05) is 14.0 Å². The monoisotopic (exact) mass is 252 g/mol. The minimum absolute atomic E-state index is 0.0740. The van der Waals surface area contributed by atoms with Crippen molar-refractivity contribution >= 4 is 5.91 Å². The number of amides is 1. The highest BCUT2D eigenvalue weighted by atomic mass is 16.5. The number of nitrogens with zero attached hydrogens (tertiary/aromatic N) is 2. The van der Waals surface area contributed by atoms with Crippen LogP contribution in [0.25, 0.3) is 0 Å². The van der Waals surface area contributed by atoms with Crippen molar-refractivity contribution in [2.24, 2.45) is 0 Å². The van der Waals surface area contributed by atoms with E-state index in [0.717, 1.165) is 11.4 Å². The highest BCUT2D eigenvalue weighted by Gasteiger charge is 2.29. The molecule has 2 unspecified atom stereocenters. The fourth-order valence-corrected chi connectivity index (χ4v) is 2.16. The molecule has 2 atom stereocenters. The third-order valence-corrected chi connectivity index (χ3v) is 3.44. The standard InChI is InChI=1S/C12H20N4O2/c1-8(6-18-3)16(2)12(17)10-4-9-11(5-13-10)15-7-14-9/h7-8,10,13H,4-6H2,1-3H3,(H,14,15). The largest absolute Gasteiger partial charge is 0.383 e. The van der Waals surface area contributed by atoms with E-state index in [0.29, 0.717) is 19.6 Å². The summed E-state index contributed by atoms with van der Waals surface area (Å²) < 4.78 is 5.07. The molecule has 0 aromatic carbocycles. The van der Waals surface area contributed by atoms with Gasteiger partial charge in [0.2, 0.25) is 5.91 Å². The normalized spacial score (nSPS) is 20.3. The van der Waals surface area contributed by atoms with Gasteiger partial charge in [0.15, 0.2) is 0 Å². The van der Waals surface area contributed by atoms with Crippen LogP contribution in [-0.4, -0.2) is 53.6 Å². The molecule has 1 aromatic heterocycles. The quantitative estimate of drug-likeness (QED) is 0.786. The van der Waals surface area contributed by atoms with Gasteiger partial charge >= 0.3 is 0 Å². The lowest BCUT2D eigenvalue weighted by Gasteiger charge is -2.30. The summed E-state index contributed by atoms with van der Waals surface area (Å²) in [6, 6.07) is -0.116. The average Bonchev–Trinajstić information content (AvgIpc) is 2.84. The number of hydrogen-bond acceptors (Lipinski definition) is 4. The molecule has 2 heterocycles. The molecule has 6 nitrogen and oxygen atoms in total. The third-order valence-electron chi connectivity index (χ3n) is 3.44. The van der Waals surface area contributed by atoms with Crippen LogP contribution in [0.3, 0.4) is 0 Å². The van der Waals surface area contributed by atoms with E-state index in [9.17, 15) is 4.79 Å². The molecule has 0 radical (unpaired) electrons. The molecule has 2 N–H and O–H groups in total. The first kappa shape index (κ1) is 13.0. The van der Waals surface area contributed by atoms with Crippen LogP contribution in [0, 0.1) is 0 Å². The summed E-state index contributed by atoms with van der Waals surface area (Å²) in [5.74, 6) is 0.0909.